The van der Waals surface area contributed by atoms with Crippen molar-refractivity contribution in [3.63, 3.8) is 0 Å². The van der Waals surface area contributed by atoms with Crippen LogP contribution in [-0.4, -0.2) is 23.0 Å². The van der Waals surface area contributed by atoms with Gasteiger partial charge in [0.05, 0.1) is 0 Å². The monoisotopic (exact) mass is 292 g/mol. The van der Waals surface area contributed by atoms with Gasteiger partial charge in [0.15, 0.2) is 0 Å². The first-order valence-electron chi connectivity index (χ1n) is 8.04. The minimum Gasteiger partial charge on any atom is -0.329 e. The van der Waals surface area contributed by atoms with E-state index < -0.39 is 0 Å². The van der Waals surface area contributed by atoms with E-state index in [9.17, 15) is 0 Å². The molecule has 1 heterocycles. The molecule has 0 amide bonds. The summed E-state index contributed by atoms with van der Waals surface area (Å²) >= 11 is 1.89. The maximum atomic E-state index is 6.32. The Hall–Kier alpha value is -0.380. The molecule has 20 heavy (non-hydrogen) atoms. The van der Waals surface area contributed by atoms with Crippen LogP contribution in [0.2, 0.25) is 0 Å². The molecule has 3 heteroatoms. The summed E-state index contributed by atoms with van der Waals surface area (Å²) in [4.78, 5) is 4.27. The van der Waals surface area contributed by atoms with E-state index in [2.05, 4.69) is 36.3 Å². The minimum absolute atomic E-state index is 0.243. The van der Waals surface area contributed by atoms with Crippen molar-refractivity contribution in [3.8, 4) is 0 Å². The standard InChI is InChI=1S/C17H28N2S/c1-16(2)8-4-9-17(12-16,13-18)19(14-6-7-14)11-15-5-3-10-20-15/h3,5,10,14H,4,6-9,11-13,18H2,1-2H3. The molecular formula is C17H28N2S. The Labute approximate surface area is 127 Å². The normalized spacial score (nSPS) is 29.8. The largest absolute Gasteiger partial charge is 0.329 e. The van der Waals surface area contributed by atoms with Crippen LogP contribution >= 0.6 is 11.3 Å². The molecule has 1 aromatic rings. The summed E-state index contributed by atoms with van der Waals surface area (Å²) in [6.45, 7) is 6.77. The maximum absolute atomic E-state index is 6.32. The van der Waals surface area contributed by atoms with Crippen molar-refractivity contribution in [2.75, 3.05) is 6.54 Å². The van der Waals surface area contributed by atoms with Crippen molar-refractivity contribution in [2.24, 2.45) is 11.1 Å². The average Bonchev–Trinajstić information content (AvgIpc) is 3.11. The molecule has 0 aromatic carbocycles. The van der Waals surface area contributed by atoms with Crippen LogP contribution in [0, 0.1) is 5.41 Å². The summed E-state index contributed by atoms with van der Waals surface area (Å²) in [6.07, 6.45) is 7.97. The van der Waals surface area contributed by atoms with Crippen molar-refractivity contribution in [1.29, 1.82) is 0 Å². The van der Waals surface area contributed by atoms with Gasteiger partial charge in [0.25, 0.3) is 0 Å². The molecule has 2 saturated carbocycles. The lowest BCUT2D eigenvalue weighted by atomic mass is 9.67. The topological polar surface area (TPSA) is 29.3 Å². The van der Waals surface area contributed by atoms with E-state index in [0.717, 1.165) is 19.1 Å². The Morgan fingerprint density at radius 2 is 2.15 bits per heavy atom. The van der Waals surface area contributed by atoms with Gasteiger partial charge in [-0.15, -0.1) is 11.3 Å². The molecule has 0 spiro atoms. The van der Waals surface area contributed by atoms with Gasteiger partial charge in [-0.25, -0.2) is 0 Å². The fourth-order valence-electron chi connectivity index (χ4n) is 4.14. The summed E-state index contributed by atoms with van der Waals surface area (Å²) in [5.74, 6) is 0. The van der Waals surface area contributed by atoms with Gasteiger partial charge in [-0.3, -0.25) is 4.90 Å². The molecule has 1 aromatic heterocycles. The smallest absolute Gasteiger partial charge is 0.0343 e. The second kappa shape index (κ2) is 5.43. The summed E-state index contributed by atoms with van der Waals surface area (Å²) in [5, 5.41) is 2.19. The lowest BCUT2D eigenvalue weighted by Gasteiger charge is -2.51. The first kappa shape index (κ1) is 14.6. The Bertz CT molecular complexity index is 436. The van der Waals surface area contributed by atoms with Crippen LogP contribution in [0.25, 0.3) is 0 Å². The van der Waals surface area contributed by atoms with Gasteiger partial charge in [-0.1, -0.05) is 26.3 Å². The summed E-state index contributed by atoms with van der Waals surface area (Å²) in [5.41, 5.74) is 7.00. The van der Waals surface area contributed by atoms with Crippen LogP contribution < -0.4 is 5.73 Å². The molecule has 0 aliphatic heterocycles. The van der Waals surface area contributed by atoms with Gasteiger partial charge in [0.1, 0.15) is 0 Å². The molecule has 0 bridgehead atoms. The molecule has 2 aliphatic rings. The highest BCUT2D eigenvalue weighted by Crippen LogP contribution is 2.47. The van der Waals surface area contributed by atoms with Crippen LogP contribution in [0.3, 0.4) is 0 Å². The van der Waals surface area contributed by atoms with E-state index in [4.69, 9.17) is 5.73 Å². The molecule has 0 saturated heterocycles. The lowest BCUT2D eigenvalue weighted by Crippen LogP contribution is -2.58. The Morgan fingerprint density at radius 1 is 1.35 bits per heavy atom. The van der Waals surface area contributed by atoms with Crippen LogP contribution in [0.15, 0.2) is 17.5 Å². The van der Waals surface area contributed by atoms with Crippen LogP contribution in [0.5, 0.6) is 0 Å². The molecule has 112 valence electrons. The van der Waals surface area contributed by atoms with E-state index in [1.54, 1.807) is 0 Å². The molecule has 3 rings (SSSR count). The van der Waals surface area contributed by atoms with E-state index in [0.29, 0.717) is 5.41 Å². The fourth-order valence-corrected chi connectivity index (χ4v) is 4.84. The van der Waals surface area contributed by atoms with Gasteiger partial charge >= 0.3 is 0 Å². The summed E-state index contributed by atoms with van der Waals surface area (Å²) in [7, 11) is 0. The number of hydrogen-bond acceptors (Lipinski definition) is 3. The van der Waals surface area contributed by atoms with Gasteiger partial charge in [0.2, 0.25) is 0 Å². The van der Waals surface area contributed by atoms with E-state index in [1.807, 2.05) is 11.3 Å². The first-order chi connectivity index (χ1) is 9.55. The van der Waals surface area contributed by atoms with Gasteiger partial charge in [0, 0.05) is 29.5 Å². The number of rotatable bonds is 5. The van der Waals surface area contributed by atoms with Gasteiger partial charge < -0.3 is 5.73 Å². The first-order valence-corrected chi connectivity index (χ1v) is 8.92. The molecule has 2 fully saturated rings. The van der Waals surface area contributed by atoms with E-state index in [1.165, 1.54) is 43.4 Å². The van der Waals surface area contributed by atoms with Crippen molar-refractivity contribution in [2.45, 2.75) is 70.5 Å². The quantitative estimate of drug-likeness (QED) is 0.888. The number of nitrogens with two attached hydrogens (primary N) is 1. The van der Waals surface area contributed by atoms with Crippen molar-refractivity contribution >= 4 is 11.3 Å². The zero-order chi connectivity index (χ0) is 14.2. The Balaban J connectivity index is 1.83. The second-order valence-corrected chi connectivity index (χ2v) is 8.59. The highest BCUT2D eigenvalue weighted by Gasteiger charge is 2.47. The fraction of sp³-hybridized carbons (Fsp3) is 0.765. The average molecular weight is 292 g/mol. The number of nitrogens with zero attached hydrogens (tertiary/aromatic N) is 1. The molecule has 0 radical (unpaired) electrons. The van der Waals surface area contributed by atoms with Crippen molar-refractivity contribution in [1.82, 2.24) is 4.90 Å². The van der Waals surface area contributed by atoms with E-state index >= 15 is 0 Å². The predicted octanol–water partition coefficient (Wildman–Crippen LogP) is 4.01. The Morgan fingerprint density at radius 3 is 2.70 bits per heavy atom. The lowest BCUT2D eigenvalue weighted by molar-refractivity contribution is -0.00145. The summed E-state index contributed by atoms with van der Waals surface area (Å²) in [6, 6.07) is 5.23. The van der Waals surface area contributed by atoms with Gasteiger partial charge in [-0.2, -0.15) is 0 Å². The molecule has 2 N–H and O–H groups in total. The summed E-state index contributed by atoms with van der Waals surface area (Å²) < 4.78 is 0. The van der Waals surface area contributed by atoms with E-state index in [-0.39, 0.29) is 5.54 Å². The third kappa shape index (κ3) is 2.95. The Kier molecular flexibility index (Phi) is 3.95. The molecule has 2 nitrogen and oxygen atoms in total. The van der Waals surface area contributed by atoms with Crippen LogP contribution in [0.4, 0.5) is 0 Å². The van der Waals surface area contributed by atoms with Crippen LogP contribution in [0.1, 0.15) is 57.2 Å². The molecule has 1 unspecified atom stereocenters. The number of hydrogen-bond donors (Lipinski definition) is 1. The molecule has 2 aliphatic carbocycles. The molecular weight excluding hydrogens is 264 g/mol. The third-order valence-corrected chi connectivity index (χ3v) is 6.05. The number of thiophene rings is 1. The van der Waals surface area contributed by atoms with Crippen LogP contribution in [-0.2, 0) is 6.54 Å². The van der Waals surface area contributed by atoms with Crippen molar-refractivity contribution in [3.05, 3.63) is 22.4 Å². The highest BCUT2D eigenvalue weighted by molar-refractivity contribution is 7.09. The SMILES string of the molecule is CC1(C)CCCC(CN)(N(Cc2cccs2)C2CC2)C1. The minimum atomic E-state index is 0.243. The highest BCUT2D eigenvalue weighted by atomic mass is 32.1. The maximum Gasteiger partial charge on any atom is 0.0343 e. The van der Waals surface area contributed by atoms with Crippen molar-refractivity contribution < 1.29 is 0 Å². The zero-order valence-corrected chi connectivity index (χ0v) is 13.7. The predicted molar refractivity (Wildman–Crippen MR) is 86.9 cm³/mol. The third-order valence-electron chi connectivity index (χ3n) is 5.19. The zero-order valence-electron chi connectivity index (χ0n) is 12.9. The second-order valence-electron chi connectivity index (χ2n) is 7.56. The molecule has 1 atom stereocenters. The van der Waals surface area contributed by atoms with Gasteiger partial charge in [-0.05, 0) is 49.0 Å².